The van der Waals surface area contributed by atoms with Crippen molar-refractivity contribution in [3.8, 4) is 0 Å². The van der Waals surface area contributed by atoms with E-state index in [1.54, 1.807) is 12.3 Å². The highest BCUT2D eigenvalue weighted by molar-refractivity contribution is 6.01. The monoisotopic (exact) mass is 260 g/mol. The minimum atomic E-state index is -0.352. The predicted molar refractivity (Wildman–Crippen MR) is 72.3 cm³/mol. The first kappa shape index (κ1) is 13.0. The fraction of sp³-hybridized carbons (Fsp3) is 0.333. The minimum absolute atomic E-state index is 0.133. The third-order valence-electron chi connectivity index (χ3n) is 2.53. The summed E-state index contributed by atoms with van der Waals surface area (Å²) < 4.78 is 0. The van der Waals surface area contributed by atoms with Crippen LogP contribution in [0, 0.1) is 0 Å². The number of aryl methyl sites for hydroxylation is 1. The lowest BCUT2D eigenvalue weighted by Gasteiger charge is -2.11. The molecule has 0 aliphatic rings. The molecule has 0 fully saturated rings. The number of amides is 1. The Morgan fingerprint density at radius 2 is 2.21 bits per heavy atom. The molecule has 2 rings (SSSR count). The van der Waals surface area contributed by atoms with Crippen molar-refractivity contribution in [2.45, 2.75) is 13.3 Å². The van der Waals surface area contributed by atoms with Crippen LogP contribution in [0.4, 0.5) is 11.5 Å². The normalized spacial score (nSPS) is 10.3. The summed E-state index contributed by atoms with van der Waals surface area (Å²) in [5.41, 5.74) is 0.610. The highest BCUT2D eigenvalue weighted by Gasteiger charge is 2.12. The maximum atomic E-state index is 11.9. The second-order valence-corrected chi connectivity index (χ2v) is 4.21. The van der Waals surface area contributed by atoms with E-state index in [2.05, 4.69) is 25.5 Å². The number of rotatable bonds is 4. The summed E-state index contributed by atoms with van der Waals surface area (Å²) in [6, 6.07) is 3.61. The molecule has 100 valence electrons. The van der Waals surface area contributed by atoms with Gasteiger partial charge in [-0.25, -0.2) is 9.97 Å². The van der Waals surface area contributed by atoms with Gasteiger partial charge in [-0.15, -0.1) is 5.10 Å². The molecule has 0 bridgehead atoms. The summed E-state index contributed by atoms with van der Waals surface area (Å²) in [5, 5.41) is 9.25. The first-order valence-electron chi connectivity index (χ1n) is 5.96. The largest absolute Gasteiger partial charge is 0.363 e. The SMILES string of the molecule is CCc1nc(C(=O)Nc2ccc(N(C)C)nc2)n[nH]1. The number of hydrogen-bond donors (Lipinski definition) is 2. The van der Waals surface area contributed by atoms with Crippen LogP contribution in [0.5, 0.6) is 0 Å². The molecule has 0 spiro atoms. The molecule has 0 aliphatic carbocycles. The van der Waals surface area contributed by atoms with Gasteiger partial charge in [-0.2, -0.15) is 0 Å². The van der Waals surface area contributed by atoms with E-state index in [4.69, 9.17) is 0 Å². The maximum Gasteiger partial charge on any atom is 0.295 e. The van der Waals surface area contributed by atoms with E-state index in [9.17, 15) is 4.79 Å². The molecule has 7 nitrogen and oxygen atoms in total. The molecule has 2 heterocycles. The number of nitrogens with zero attached hydrogens (tertiary/aromatic N) is 4. The molecule has 2 N–H and O–H groups in total. The standard InChI is InChI=1S/C12H16N6O/c1-4-9-15-11(17-16-9)12(19)14-8-5-6-10(13-7-8)18(2)3/h5-7H,4H2,1-3H3,(H,14,19)(H,15,16,17). The fourth-order valence-corrected chi connectivity index (χ4v) is 1.47. The average Bonchev–Trinajstić information content (AvgIpc) is 2.88. The smallest absolute Gasteiger partial charge is 0.295 e. The number of hydrogen-bond acceptors (Lipinski definition) is 5. The van der Waals surface area contributed by atoms with Crippen molar-refractivity contribution >= 4 is 17.4 Å². The van der Waals surface area contributed by atoms with Crippen molar-refractivity contribution in [2.75, 3.05) is 24.3 Å². The van der Waals surface area contributed by atoms with E-state index in [-0.39, 0.29) is 11.7 Å². The Labute approximate surface area is 111 Å². The quantitative estimate of drug-likeness (QED) is 0.859. The number of anilines is 2. The van der Waals surface area contributed by atoms with Gasteiger partial charge in [0.05, 0.1) is 11.9 Å². The molecule has 2 aromatic heterocycles. The maximum absolute atomic E-state index is 11.9. The third kappa shape index (κ3) is 3.06. The van der Waals surface area contributed by atoms with Gasteiger partial charge in [0.25, 0.3) is 5.91 Å². The zero-order valence-corrected chi connectivity index (χ0v) is 11.1. The fourth-order valence-electron chi connectivity index (χ4n) is 1.47. The molecular formula is C12H16N6O. The molecule has 0 unspecified atom stereocenters. The third-order valence-corrected chi connectivity index (χ3v) is 2.53. The molecule has 0 saturated carbocycles. The molecule has 0 saturated heterocycles. The van der Waals surface area contributed by atoms with Gasteiger partial charge in [-0.3, -0.25) is 9.89 Å². The van der Waals surface area contributed by atoms with Gasteiger partial charge in [0.2, 0.25) is 5.82 Å². The summed E-state index contributed by atoms with van der Waals surface area (Å²) in [4.78, 5) is 22.0. The van der Waals surface area contributed by atoms with Gasteiger partial charge >= 0.3 is 0 Å². The summed E-state index contributed by atoms with van der Waals surface area (Å²) in [5.74, 6) is 1.29. The first-order chi connectivity index (χ1) is 9.10. The Kier molecular flexibility index (Phi) is 3.74. The Morgan fingerprint density at radius 1 is 1.42 bits per heavy atom. The van der Waals surface area contributed by atoms with Crippen LogP contribution in [0.3, 0.4) is 0 Å². The molecule has 0 radical (unpaired) electrons. The summed E-state index contributed by atoms with van der Waals surface area (Å²) in [7, 11) is 3.81. The zero-order valence-electron chi connectivity index (χ0n) is 11.1. The van der Waals surface area contributed by atoms with Gasteiger partial charge in [-0.05, 0) is 12.1 Å². The van der Waals surface area contributed by atoms with E-state index in [1.165, 1.54) is 0 Å². The van der Waals surface area contributed by atoms with Crippen molar-refractivity contribution < 1.29 is 4.79 Å². The number of aromatic amines is 1. The molecule has 0 atom stereocenters. The topological polar surface area (TPSA) is 86.8 Å². The number of pyridine rings is 1. The summed E-state index contributed by atoms with van der Waals surface area (Å²) >= 11 is 0. The van der Waals surface area contributed by atoms with Crippen LogP contribution in [0.15, 0.2) is 18.3 Å². The van der Waals surface area contributed by atoms with Crippen LogP contribution in [0.2, 0.25) is 0 Å². The molecule has 0 aliphatic heterocycles. The Morgan fingerprint density at radius 3 is 2.74 bits per heavy atom. The van der Waals surface area contributed by atoms with E-state index < -0.39 is 0 Å². The lowest BCUT2D eigenvalue weighted by atomic mass is 10.4. The second kappa shape index (κ2) is 5.47. The van der Waals surface area contributed by atoms with E-state index >= 15 is 0 Å². The number of carbonyl (C=O) groups excluding carboxylic acids is 1. The molecule has 2 aromatic rings. The van der Waals surface area contributed by atoms with Gasteiger partial charge in [0.1, 0.15) is 11.6 Å². The van der Waals surface area contributed by atoms with Gasteiger partial charge < -0.3 is 10.2 Å². The first-order valence-corrected chi connectivity index (χ1v) is 5.96. The Hall–Kier alpha value is -2.44. The second-order valence-electron chi connectivity index (χ2n) is 4.21. The molecule has 7 heteroatoms. The number of carbonyl (C=O) groups is 1. The van der Waals surface area contributed by atoms with Crippen LogP contribution in [0.25, 0.3) is 0 Å². The van der Waals surface area contributed by atoms with E-state index in [1.807, 2.05) is 32.0 Å². The number of H-pyrrole nitrogens is 1. The highest BCUT2D eigenvalue weighted by atomic mass is 16.2. The zero-order chi connectivity index (χ0) is 13.8. The van der Waals surface area contributed by atoms with Crippen LogP contribution in [-0.4, -0.2) is 40.2 Å². The number of nitrogens with one attached hydrogen (secondary N) is 2. The van der Waals surface area contributed by atoms with Crippen molar-refractivity contribution in [3.05, 3.63) is 30.0 Å². The van der Waals surface area contributed by atoms with Crippen molar-refractivity contribution in [1.82, 2.24) is 20.2 Å². The van der Waals surface area contributed by atoms with Crippen LogP contribution >= 0.6 is 0 Å². The van der Waals surface area contributed by atoms with Crippen molar-refractivity contribution in [3.63, 3.8) is 0 Å². The van der Waals surface area contributed by atoms with Gasteiger partial charge in [0.15, 0.2) is 0 Å². The lowest BCUT2D eigenvalue weighted by Crippen LogP contribution is -2.15. The van der Waals surface area contributed by atoms with Crippen molar-refractivity contribution in [2.24, 2.45) is 0 Å². The Balaban J connectivity index is 2.06. The molecule has 1 amide bonds. The van der Waals surface area contributed by atoms with E-state index in [0.29, 0.717) is 17.9 Å². The summed E-state index contributed by atoms with van der Waals surface area (Å²) in [6.45, 7) is 1.94. The van der Waals surface area contributed by atoms with Crippen LogP contribution in [-0.2, 0) is 6.42 Å². The average molecular weight is 260 g/mol. The highest BCUT2D eigenvalue weighted by Crippen LogP contribution is 2.12. The summed E-state index contributed by atoms with van der Waals surface area (Å²) in [6.07, 6.45) is 2.31. The minimum Gasteiger partial charge on any atom is -0.363 e. The predicted octanol–water partition coefficient (Wildman–Crippen LogP) is 1.08. The number of aromatic nitrogens is 4. The Bertz CT molecular complexity index is 560. The van der Waals surface area contributed by atoms with Gasteiger partial charge in [0, 0.05) is 20.5 Å². The lowest BCUT2D eigenvalue weighted by molar-refractivity contribution is 0.101. The van der Waals surface area contributed by atoms with Gasteiger partial charge in [-0.1, -0.05) is 6.92 Å². The van der Waals surface area contributed by atoms with Crippen LogP contribution < -0.4 is 10.2 Å². The molecular weight excluding hydrogens is 244 g/mol. The molecule has 19 heavy (non-hydrogen) atoms. The molecule has 0 aromatic carbocycles. The van der Waals surface area contributed by atoms with E-state index in [0.717, 1.165) is 5.82 Å². The van der Waals surface area contributed by atoms with Crippen molar-refractivity contribution in [1.29, 1.82) is 0 Å². The van der Waals surface area contributed by atoms with Crippen LogP contribution in [0.1, 0.15) is 23.4 Å².